The van der Waals surface area contributed by atoms with Crippen LogP contribution in [0.3, 0.4) is 0 Å². The van der Waals surface area contributed by atoms with Gasteiger partial charge in [0.2, 0.25) is 0 Å². The molecule has 10 nitrogen and oxygen atoms in total. The molecule has 0 radical (unpaired) electrons. The van der Waals surface area contributed by atoms with E-state index in [1.54, 1.807) is 0 Å². The van der Waals surface area contributed by atoms with Crippen molar-refractivity contribution in [1.82, 2.24) is 9.80 Å². The first-order valence-corrected chi connectivity index (χ1v) is 19.3. The van der Waals surface area contributed by atoms with Crippen molar-refractivity contribution < 1.29 is 29.3 Å². The fraction of sp³-hybridized carbons (Fsp3) is 0.488. The molecule has 6 heterocycles. The second-order valence-corrected chi connectivity index (χ2v) is 16.8. The summed E-state index contributed by atoms with van der Waals surface area (Å²) in [4.78, 5) is 32.5. The van der Waals surface area contributed by atoms with Crippen LogP contribution >= 0.6 is 0 Å². The van der Waals surface area contributed by atoms with Gasteiger partial charge in [-0.25, -0.2) is 9.59 Å². The first kappa shape index (κ1) is 33.4. The minimum atomic E-state index is -0.469. The predicted octanol–water partition coefficient (Wildman–Crippen LogP) is 4.53. The van der Waals surface area contributed by atoms with E-state index < -0.39 is 10.8 Å². The molecule has 10 rings (SSSR count). The highest BCUT2D eigenvalue weighted by Crippen LogP contribution is 2.67. The zero-order chi connectivity index (χ0) is 36.3. The zero-order valence-corrected chi connectivity index (χ0v) is 30.5. The molecule has 8 aliphatic rings. The maximum Gasteiger partial charge on any atom is 0.335 e. The molecule has 2 fully saturated rings. The van der Waals surface area contributed by atoms with Crippen LogP contribution in [0.4, 0.5) is 11.4 Å². The van der Waals surface area contributed by atoms with Crippen molar-refractivity contribution in [1.29, 1.82) is 0 Å². The summed E-state index contributed by atoms with van der Waals surface area (Å²) in [6, 6.07) is 17.1. The Kier molecular flexibility index (Phi) is 7.33. The second-order valence-electron chi connectivity index (χ2n) is 16.8. The minimum Gasteiger partial charge on any atom is -0.466 e. The Bertz CT molecular complexity index is 1940. The summed E-state index contributed by atoms with van der Waals surface area (Å²) < 4.78 is 10.9. The highest BCUT2D eigenvalue weighted by molar-refractivity contribution is 5.94. The van der Waals surface area contributed by atoms with E-state index in [-0.39, 0.29) is 48.1 Å². The van der Waals surface area contributed by atoms with Gasteiger partial charge in [-0.3, -0.25) is 9.80 Å². The largest absolute Gasteiger partial charge is 0.466 e. The van der Waals surface area contributed by atoms with Gasteiger partial charge >= 0.3 is 11.9 Å². The standard InChI is InChI=1S/C43H48N4O6/c1-52-36(50)28-22-40(13-17-48)20-26(24-46-15-11-42(38(40)46)30-7-3-5-9-32(30)44-34(28)42)19-27-21-41(14-18-49)23-29(37(51)53-2)35-43(12-16-47(25-27)39(41)43)31-8-4-6-10-33(31)45-35/h3-10,20-21,38-39,44-45,48-49H,11-19,22-25H2,1-2H3/t38-,39-,40-,41-,42-,43-/m0/s1. The third-order valence-corrected chi connectivity index (χ3v) is 14.4. The van der Waals surface area contributed by atoms with Crippen LogP contribution in [-0.2, 0) is 29.9 Å². The molecule has 53 heavy (non-hydrogen) atoms. The van der Waals surface area contributed by atoms with Gasteiger partial charge in [0.25, 0.3) is 0 Å². The van der Waals surface area contributed by atoms with Gasteiger partial charge in [-0.15, -0.1) is 0 Å². The Hall–Kier alpha value is -4.22. The number of aliphatic hydroxyl groups excluding tert-OH is 2. The number of anilines is 2. The Labute approximate surface area is 310 Å². The summed E-state index contributed by atoms with van der Waals surface area (Å²) in [6.45, 7) is 3.43. The molecule has 2 aromatic carbocycles. The summed E-state index contributed by atoms with van der Waals surface area (Å²) in [6.07, 6.45) is 9.47. The smallest absolute Gasteiger partial charge is 0.335 e. The number of fused-ring (bicyclic) bond motifs is 2. The van der Waals surface area contributed by atoms with Crippen LogP contribution in [0, 0.1) is 10.8 Å². The van der Waals surface area contributed by atoms with E-state index in [9.17, 15) is 19.8 Å². The van der Waals surface area contributed by atoms with Gasteiger partial charge in [0.15, 0.2) is 0 Å². The van der Waals surface area contributed by atoms with Gasteiger partial charge < -0.3 is 30.3 Å². The van der Waals surface area contributed by atoms with E-state index in [2.05, 4.69) is 69.0 Å². The fourth-order valence-electron chi connectivity index (χ4n) is 13.2. The third-order valence-electron chi connectivity index (χ3n) is 14.4. The van der Waals surface area contributed by atoms with Crippen molar-refractivity contribution in [3.8, 4) is 0 Å². The molecule has 4 N–H and O–H groups in total. The number of hydrogen-bond donors (Lipinski definition) is 4. The van der Waals surface area contributed by atoms with Gasteiger partial charge in [-0.1, -0.05) is 59.7 Å². The lowest BCUT2D eigenvalue weighted by Crippen LogP contribution is -2.60. The Morgan fingerprint density at radius 2 is 1.15 bits per heavy atom. The maximum atomic E-state index is 13.6. The first-order valence-electron chi connectivity index (χ1n) is 19.3. The normalized spacial score (nSPS) is 34.5. The summed E-state index contributed by atoms with van der Waals surface area (Å²) in [5.41, 5.74) is 8.77. The lowest BCUT2D eigenvalue weighted by atomic mass is 9.54. The highest BCUT2D eigenvalue weighted by Gasteiger charge is 2.68. The van der Waals surface area contributed by atoms with Crippen LogP contribution in [0.5, 0.6) is 0 Å². The average Bonchev–Trinajstić information content (AvgIpc) is 3.93. The van der Waals surface area contributed by atoms with Crippen molar-refractivity contribution in [3.63, 3.8) is 0 Å². The molecule has 2 aliphatic carbocycles. The van der Waals surface area contributed by atoms with E-state index >= 15 is 0 Å². The van der Waals surface area contributed by atoms with Crippen LogP contribution in [-0.4, -0.2) is 97.6 Å². The summed E-state index contributed by atoms with van der Waals surface area (Å²) in [7, 11) is 2.92. The molecule has 6 atom stereocenters. The quantitative estimate of drug-likeness (QED) is 0.229. The van der Waals surface area contributed by atoms with E-state index in [1.165, 1.54) is 36.5 Å². The van der Waals surface area contributed by atoms with Gasteiger partial charge in [-0.05, 0) is 68.2 Å². The second kappa shape index (κ2) is 11.6. The van der Waals surface area contributed by atoms with E-state index in [4.69, 9.17) is 9.47 Å². The maximum absolute atomic E-state index is 13.6. The van der Waals surface area contributed by atoms with Gasteiger partial charge in [-0.2, -0.15) is 0 Å². The number of esters is 2. The molecular formula is C43H48N4O6. The number of benzene rings is 2. The SMILES string of the molecule is COC(=O)C1=C2Nc3ccccc3[C@@]23CCN2CC(CC4=C[C@@]5(CCO)CC(C(=O)OC)=C6Nc7ccccc7[C@@]67CCN(C4)[C@@H]57)=C[C@@](CCO)(C1)[C@H]23. The molecule has 0 aromatic heterocycles. The van der Waals surface area contributed by atoms with Crippen LogP contribution < -0.4 is 10.6 Å². The van der Waals surface area contributed by atoms with Crippen molar-refractivity contribution >= 4 is 23.3 Å². The predicted molar refractivity (Wildman–Crippen MR) is 200 cm³/mol. The van der Waals surface area contributed by atoms with Crippen molar-refractivity contribution in [3.05, 3.63) is 105 Å². The highest BCUT2D eigenvalue weighted by atomic mass is 16.5. The number of rotatable bonds is 8. The number of carbonyl (C=O) groups excluding carboxylic acids is 2. The number of aliphatic hydroxyl groups is 2. The van der Waals surface area contributed by atoms with Crippen LogP contribution in [0.15, 0.2) is 94.4 Å². The van der Waals surface area contributed by atoms with Crippen LogP contribution in [0.25, 0.3) is 0 Å². The number of nitrogens with one attached hydrogen (secondary N) is 2. The number of ether oxygens (including phenoxy) is 2. The molecule has 2 spiro atoms. The lowest BCUT2D eigenvalue weighted by molar-refractivity contribution is -0.138. The molecule has 2 aromatic rings. The van der Waals surface area contributed by atoms with Crippen molar-refractivity contribution in [2.24, 2.45) is 10.8 Å². The van der Waals surface area contributed by atoms with Crippen LogP contribution in [0.2, 0.25) is 0 Å². The molecule has 276 valence electrons. The topological polar surface area (TPSA) is 124 Å². The van der Waals surface area contributed by atoms with E-state index in [0.29, 0.717) is 36.8 Å². The molecule has 10 heteroatoms. The van der Waals surface area contributed by atoms with Crippen molar-refractivity contribution in [2.75, 3.05) is 64.2 Å². The number of methoxy groups -OCH3 is 2. The van der Waals surface area contributed by atoms with E-state index in [0.717, 1.165) is 68.2 Å². The first-order chi connectivity index (χ1) is 25.8. The van der Waals surface area contributed by atoms with Gasteiger partial charge in [0.05, 0.1) is 36.2 Å². The summed E-state index contributed by atoms with van der Waals surface area (Å²) in [5.74, 6) is -0.614. The lowest BCUT2D eigenvalue weighted by Gasteiger charge is -2.55. The number of carbonyl (C=O) groups is 2. The Morgan fingerprint density at radius 3 is 1.57 bits per heavy atom. The van der Waals surface area contributed by atoms with Gasteiger partial charge in [0.1, 0.15) is 0 Å². The van der Waals surface area contributed by atoms with E-state index in [1.807, 2.05) is 12.1 Å². The summed E-state index contributed by atoms with van der Waals surface area (Å²) >= 11 is 0. The number of para-hydroxylation sites is 2. The molecule has 6 aliphatic heterocycles. The third kappa shape index (κ3) is 4.23. The average molecular weight is 717 g/mol. The molecular weight excluding hydrogens is 668 g/mol. The minimum absolute atomic E-state index is 0.0173. The zero-order valence-electron chi connectivity index (χ0n) is 30.5. The summed E-state index contributed by atoms with van der Waals surface area (Å²) in [5, 5.41) is 28.8. The van der Waals surface area contributed by atoms with Crippen LogP contribution in [0.1, 0.15) is 56.1 Å². The van der Waals surface area contributed by atoms with Gasteiger partial charge in [0, 0.05) is 85.1 Å². The molecule has 2 saturated heterocycles. The Morgan fingerprint density at radius 1 is 0.717 bits per heavy atom. The molecule has 0 unspecified atom stereocenters. The Balaban J connectivity index is 1.08. The monoisotopic (exact) mass is 716 g/mol. The number of hydrogen-bond acceptors (Lipinski definition) is 10. The number of nitrogens with zero attached hydrogens (tertiary/aromatic N) is 2. The fourth-order valence-corrected chi connectivity index (χ4v) is 13.2. The molecule has 0 saturated carbocycles. The van der Waals surface area contributed by atoms with Crippen molar-refractivity contribution in [2.45, 2.75) is 67.9 Å². The molecule has 0 bridgehead atoms. The molecule has 0 amide bonds.